The van der Waals surface area contributed by atoms with Gasteiger partial charge in [0, 0.05) is 23.7 Å². The van der Waals surface area contributed by atoms with E-state index in [1.807, 2.05) is 31.2 Å². The van der Waals surface area contributed by atoms with Crippen LogP contribution >= 0.6 is 23.4 Å². The average Bonchev–Trinajstić information content (AvgIpc) is 2.97. The van der Waals surface area contributed by atoms with Gasteiger partial charge < -0.3 is 10.1 Å². The van der Waals surface area contributed by atoms with Crippen molar-refractivity contribution in [3.8, 4) is 5.75 Å². The molecule has 1 aliphatic heterocycles. The normalized spacial score (nSPS) is 17.6. The summed E-state index contributed by atoms with van der Waals surface area (Å²) in [5.74, 6) is 0.413. The number of carbonyl (C=O) groups is 2. The Morgan fingerprint density at radius 2 is 2.03 bits per heavy atom. The van der Waals surface area contributed by atoms with Crippen molar-refractivity contribution in [3.05, 3.63) is 53.6 Å². The van der Waals surface area contributed by atoms with Gasteiger partial charge in [-0.2, -0.15) is 0 Å². The number of amides is 2. The van der Waals surface area contributed by atoms with Crippen molar-refractivity contribution in [1.29, 1.82) is 0 Å². The maximum atomic E-state index is 12.8. The number of benzene rings is 2. The minimum atomic E-state index is -0.502. The van der Waals surface area contributed by atoms with E-state index in [9.17, 15) is 9.59 Å². The molecular weight excluding hydrogens is 410 g/mol. The Labute approximate surface area is 179 Å². The molecule has 1 aliphatic rings. The molecule has 1 atom stereocenters. The molecule has 0 aliphatic carbocycles. The van der Waals surface area contributed by atoms with Crippen molar-refractivity contribution in [2.45, 2.75) is 25.0 Å². The van der Waals surface area contributed by atoms with Crippen LogP contribution < -0.4 is 10.1 Å². The Bertz CT molecular complexity index is 918. The molecule has 152 valence electrons. The largest absolute Gasteiger partial charge is 0.497 e. The SMILES string of the molecule is CCCN1C(=O)C(CC(=O)Nc2cccc(Cl)c2)SC1=Nc1ccc(OC)cc1. The topological polar surface area (TPSA) is 71.0 Å². The van der Waals surface area contributed by atoms with E-state index in [1.54, 1.807) is 36.3 Å². The molecule has 8 heteroatoms. The lowest BCUT2D eigenvalue weighted by atomic mass is 10.2. The van der Waals surface area contributed by atoms with E-state index in [1.165, 1.54) is 11.8 Å². The van der Waals surface area contributed by atoms with Crippen LogP contribution in [0.1, 0.15) is 19.8 Å². The summed E-state index contributed by atoms with van der Waals surface area (Å²) in [6.07, 6.45) is 0.868. The first-order valence-electron chi connectivity index (χ1n) is 9.26. The van der Waals surface area contributed by atoms with E-state index >= 15 is 0 Å². The summed E-state index contributed by atoms with van der Waals surface area (Å²) in [5.41, 5.74) is 1.33. The zero-order chi connectivity index (χ0) is 20.8. The summed E-state index contributed by atoms with van der Waals surface area (Å²) in [6, 6.07) is 14.2. The molecule has 0 aromatic heterocycles. The molecule has 3 rings (SSSR count). The van der Waals surface area contributed by atoms with Crippen LogP contribution in [-0.4, -0.2) is 40.8 Å². The Balaban J connectivity index is 1.72. The Morgan fingerprint density at radius 1 is 1.28 bits per heavy atom. The quantitative estimate of drug-likeness (QED) is 0.688. The Hall–Kier alpha value is -2.51. The van der Waals surface area contributed by atoms with E-state index < -0.39 is 5.25 Å². The molecular formula is C21H22ClN3O3S. The molecule has 2 aromatic carbocycles. The Morgan fingerprint density at radius 3 is 2.69 bits per heavy atom. The number of thioether (sulfide) groups is 1. The van der Waals surface area contributed by atoms with Gasteiger partial charge in [-0.05, 0) is 48.9 Å². The number of hydrogen-bond donors (Lipinski definition) is 1. The second-order valence-electron chi connectivity index (χ2n) is 6.45. The van der Waals surface area contributed by atoms with Gasteiger partial charge in [-0.1, -0.05) is 36.4 Å². The number of carbonyl (C=O) groups excluding carboxylic acids is 2. The average molecular weight is 432 g/mol. The molecule has 1 unspecified atom stereocenters. The molecule has 0 radical (unpaired) electrons. The Kier molecular flexibility index (Phi) is 7.17. The lowest BCUT2D eigenvalue weighted by Gasteiger charge is -2.15. The molecule has 6 nitrogen and oxygen atoms in total. The molecule has 29 heavy (non-hydrogen) atoms. The van der Waals surface area contributed by atoms with E-state index in [0.29, 0.717) is 22.4 Å². The fourth-order valence-corrected chi connectivity index (χ4v) is 4.24. The fraction of sp³-hybridized carbons (Fsp3) is 0.286. The number of aliphatic imine (C=N–C) groups is 1. The second-order valence-corrected chi connectivity index (χ2v) is 8.06. The third-order valence-electron chi connectivity index (χ3n) is 4.24. The van der Waals surface area contributed by atoms with Crippen LogP contribution in [0.3, 0.4) is 0 Å². The third-order valence-corrected chi connectivity index (χ3v) is 5.65. The highest BCUT2D eigenvalue weighted by Crippen LogP contribution is 2.32. The van der Waals surface area contributed by atoms with Crippen LogP contribution in [0.2, 0.25) is 5.02 Å². The minimum absolute atomic E-state index is 0.0673. The number of hydrogen-bond acceptors (Lipinski definition) is 5. The first-order chi connectivity index (χ1) is 14.0. The number of methoxy groups -OCH3 is 1. The van der Waals surface area contributed by atoms with Gasteiger partial charge in [0.15, 0.2) is 5.17 Å². The van der Waals surface area contributed by atoms with E-state index in [0.717, 1.165) is 17.9 Å². The standard InChI is InChI=1S/C21H22ClN3O3S/c1-3-11-25-20(27)18(13-19(26)23-16-6-4-5-14(22)12-16)29-21(25)24-15-7-9-17(28-2)10-8-15/h4-10,12,18H,3,11,13H2,1-2H3,(H,23,26). The van der Waals surface area contributed by atoms with Crippen molar-refractivity contribution >= 4 is 51.7 Å². The van der Waals surface area contributed by atoms with E-state index in [-0.39, 0.29) is 18.2 Å². The lowest BCUT2D eigenvalue weighted by Crippen LogP contribution is -2.34. The molecule has 2 aromatic rings. The van der Waals surface area contributed by atoms with Gasteiger partial charge in [0.25, 0.3) is 0 Å². The number of anilines is 1. The summed E-state index contributed by atoms with van der Waals surface area (Å²) in [7, 11) is 1.61. The van der Waals surface area contributed by atoms with Gasteiger partial charge in [-0.25, -0.2) is 4.99 Å². The van der Waals surface area contributed by atoms with Crippen LogP contribution in [0.5, 0.6) is 5.75 Å². The molecule has 1 heterocycles. The predicted octanol–water partition coefficient (Wildman–Crippen LogP) is 4.72. The number of rotatable bonds is 7. The number of amidine groups is 1. The zero-order valence-electron chi connectivity index (χ0n) is 16.2. The number of nitrogens with zero attached hydrogens (tertiary/aromatic N) is 2. The molecule has 0 spiro atoms. The smallest absolute Gasteiger partial charge is 0.242 e. The van der Waals surface area contributed by atoms with Crippen molar-refractivity contribution < 1.29 is 14.3 Å². The first kappa shape index (κ1) is 21.2. The molecule has 1 N–H and O–H groups in total. The van der Waals surface area contributed by atoms with Crippen molar-refractivity contribution in [1.82, 2.24) is 4.90 Å². The maximum Gasteiger partial charge on any atom is 0.242 e. The lowest BCUT2D eigenvalue weighted by molar-refractivity contribution is -0.128. The number of halogens is 1. The van der Waals surface area contributed by atoms with Crippen LogP contribution in [-0.2, 0) is 9.59 Å². The summed E-state index contributed by atoms with van der Waals surface area (Å²) in [4.78, 5) is 31.6. The summed E-state index contributed by atoms with van der Waals surface area (Å²) >= 11 is 7.27. The highest BCUT2D eigenvalue weighted by molar-refractivity contribution is 8.15. The van der Waals surface area contributed by atoms with Gasteiger partial charge in [0.2, 0.25) is 11.8 Å². The third kappa shape index (κ3) is 5.52. The monoisotopic (exact) mass is 431 g/mol. The van der Waals surface area contributed by atoms with Gasteiger partial charge in [-0.3, -0.25) is 14.5 Å². The van der Waals surface area contributed by atoms with Gasteiger partial charge in [0.1, 0.15) is 11.0 Å². The maximum absolute atomic E-state index is 12.8. The van der Waals surface area contributed by atoms with E-state index in [2.05, 4.69) is 10.3 Å². The number of nitrogens with one attached hydrogen (secondary N) is 1. The van der Waals surface area contributed by atoms with Crippen LogP contribution in [0.25, 0.3) is 0 Å². The number of ether oxygens (including phenoxy) is 1. The van der Waals surface area contributed by atoms with Crippen LogP contribution in [0, 0.1) is 0 Å². The highest BCUT2D eigenvalue weighted by Gasteiger charge is 2.38. The summed E-state index contributed by atoms with van der Waals surface area (Å²) < 4.78 is 5.16. The molecule has 0 bridgehead atoms. The molecule has 1 fully saturated rings. The van der Waals surface area contributed by atoms with Crippen molar-refractivity contribution in [2.75, 3.05) is 19.0 Å². The zero-order valence-corrected chi connectivity index (χ0v) is 17.8. The summed E-state index contributed by atoms with van der Waals surface area (Å²) in [5, 5.41) is 3.44. The molecule has 2 amide bonds. The summed E-state index contributed by atoms with van der Waals surface area (Å²) in [6.45, 7) is 2.56. The predicted molar refractivity (Wildman–Crippen MR) is 118 cm³/mol. The van der Waals surface area contributed by atoms with E-state index in [4.69, 9.17) is 16.3 Å². The van der Waals surface area contributed by atoms with Crippen LogP contribution in [0.4, 0.5) is 11.4 Å². The first-order valence-corrected chi connectivity index (χ1v) is 10.5. The van der Waals surface area contributed by atoms with Crippen molar-refractivity contribution in [2.24, 2.45) is 4.99 Å². The van der Waals surface area contributed by atoms with Gasteiger partial charge >= 0.3 is 0 Å². The highest BCUT2D eigenvalue weighted by atomic mass is 35.5. The molecule has 0 saturated carbocycles. The van der Waals surface area contributed by atoms with Crippen LogP contribution in [0.15, 0.2) is 53.5 Å². The second kappa shape index (κ2) is 9.80. The minimum Gasteiger partial charge on any atom is -0.497 e. The van der Waals surface area contributed by atoms with Gasteiger partial charge in [-0.15, -0.1) is 0 Å². The fourth-order valence-electron chi connectivity index (χ4n) is 2.87. The van der Waals surface area contributed by atoms with Crippen molar-refractivity contribution in [3.63, 3.8) is 0 Å². The molecule has 1 saturated heterocycles. The van der Waals surface area contributed by atoms with Gasteiger partial charge in [0.05, 0.1) is 12.8 Å².